The Morgan fingerprint density at radius 3 is 2.21 bits per heavy atom. The first-order chi connectivity index (χ1) is 14.3. The van der Waals surface area contributed by atoms with Gasteiger partial charge in [0.05, 0.1) is 12.6 Å². The van der Waals surface area contributed by atoms with E-state index in [1.165, 1.54) is 59.1 Å². The number of rotatable bonds is 8. The SMILES string of the molecule is CCCCCCc1c(-c2ccc(OC)cc2)c2ccccc2n1-c1ccccc1. The van der Waals surface area contributed by atoms with Crippen molar-refractivity contribution in [2.45, 2.75) is 39.0 Å². The van der Waals surface area contributed by atoms with Crippen LogP contribution in [0.25, 0.3) is 27.7 Å². The zero-order chi connectivity index (χ0) is 20.1. The van der Waals surface area contributed by atoms with E-state index in [9.17, 15) is 0 Å². The summed E-state index contributed by atoms with van der Waals surface area (Å²) in [5.74, 6) is 0.894. The Labute approximate surface area is 173 Å². The van der Waals surface area contributed by atoms with Crippen LogP contribution >= 0.6 is 0 Å². The molecule has 0 atom stereocenters. The third-order valence-corrected chi connectivity index (χ3v) is 5.63. The van der Waals surface area contributed by atoms with E-state index in [-0.39, 0.29) is 0 Å². The summed E-state index contributed by atoms with van der Waals surface area (Å²) >= 11 is 0. The number of unbranched alkanes of at least 4 members (excludes halogenated alkanes) is 3. The second kappa shape index (κ2) is 9.00. The van der Waals surface area contributed by atoms with Gasteiger partial charge in [-0.25, -0.2) is 0 Å². The normalized spacial score (nSPS) is 11.1. The van der Waals surface area contributed by atoms with Crippen LogP contribution in [0, 0.1) is 0 Å². The maximum absolute atomic E-state index is 5.38. The third kappa shape index (κ3) is 3.93. The van der Waals surface area contributed by atoms with Crippen molar-refractivity contribution < 1.29 is 4.74 Å². The molecule has 0 spiro atoms. The quantitative estimate of drug-likeness (QED) is 0.289. The molecule has 0 saturated heterocycles. The second-order valence-electron chi connectivity index (χ2n) is 7.55. The number of hydrogen-bond donors (Lipinski definition) is 0. The first-order valence-electron chi connectivity index (χ1n) is 10.7. The fourth-order valence-electron chi connectivity index (χ4n) is 4.20. The van der Waals surface area contributed by atoms with Crippen LogP contribution in [0.3, 0.4) is 0 Å². The molecule has 4 rings (SSSR count). The van der Waals surface area contributed by atoms with E-state index in [2.05, 4.69) is 90.4 Å². The van der Waals surface area contributed by atoms with E-state index in [1.807, 2.05) is 0 Å². The van der Waals surface area contributed by atoms with Crippen LogP contribution in [-0.4, -0.2) is 11.7 Å². The van der Waals surface area contributed by atoms with E-state index in [4.69, 9.17) is 4.74 Å². The van der Waals surface area contributed by atoms with Crippen LogP contribution in [0.2, 0.25) is 0 Å². The Morgan fingerprint density at radius 2 is 1.48 bits per heavy atom. The molecule has 0 amide bonds. The van der Waals surface area contributed by atoms with Crippen molar-refractivity contribution in [3.8, 4) is 22.6 Å². The summed E-state index contributed by atoms with van der Waals surface area (Å²) in [7, 11) is 1.72. The number of nitrogens with zero attached hydrogens (tertiary/aromatic N) is 1. The molecule has 29 heavy (non-hydrogen) atoms. The first-order valence-corrected chi connectivity index (χ1v) is 10.7. The monoisotopic (exact) mass is 383 g/mol. The molecule has 1 heterocycles. The van der Waals surface area contributed by atoms with Gasteiger partial charge in [0.25, 0.3) is 0 Å². The highest BCUT2D eigenvalue weighted by Gasteiger charge is 2.19. The molecule has 3 aromatic carbocycles. The van der Waals surface area contributed by atoms with Crippen molar-refractivity contribution in [1.29, 1.82) is 0 Å². The van der Waals surface area contributed by atoms with Gasteiger partial charge < -0.3 is 9.30 Å². The van der Waals surface area contributed by atoms with Crippen LogP contribution in [0.15, 0.2) is 78.9 Å². The highest BCUT2D eigenvalue weighted by molar-refractivity contribution is 5.99. The molecule has 2 heteroatoms. The van der Waals surface area contributed by atoms with Crippen molar-refractivity contribution in [3.05, 3.63) is 84.6 Å². The predicted octanol–water partition coefficient (Wildman–Crippen LogP) is 7.43. The summed E-state index contributed by atoms with van der Waals surface area (Å²) in [6, 6.07) is 28.0. The minimum Gasteiger partial charge on any atom is -0.497 e. The molecule has 0 aliphatic heterocycles. The minimum atomic E-state index is 0.894. The summed E-state index contributed by atoms with van der Waals surface area (Å²) in [5.41, 5.74) is 6.51. The fraction of sp³-hybridized carbons (Fsp3) is 0.259. The molecular formula is C27H29NO. The van der Waals surface area contributed by atoms with Crippen molar-refractivity contribution in [1.82, 2.24) is 4.57 Å². The van der Waals surface area contributed by atoms with Gasteiger partial charge in [-0.3, -0.25) is 0 Å². The van der Waals surface area contributed by atoms with Gasteiger partial charge in [0.1, 0.15) is 5.75 Å². The molecule has 0 fully saturated rings. The highest BCUT2D eigenvalue weighted by Crippen LogP contribution is 2.38. The topological polar surface area (TPSA) is 14.2 Å². The van der Waals surface area contributed by atoms with E-state index in [0.29, 0.717) is 0 Å². The maximum Gasteiger partial charge on any atom is 0.118 e. The highest BCUT2D eigenvalue weighted by atomic mass is 16.5. The molecule has 0 N–H and O–H groups in total. The predicted molar refractivity (Wildman–Crippen MR) is 123 cm³/mol. The average molecular weight is 384 g/mol. The van der Waals surface area contributed by atoms with E-state index in [1.54, 1.807) is 7.11 Å². The number of methoxy groups -OCH3 is 1. The molecule has 148 valence electrons. The van der Waals surface area contributed by atoms with E-state index in [0.717, 1.165) is 12.2 Å². The molecule has 0 saturated carbocycles. The number of benzene rings is 3. The average Bonchev–Trinajstić information content (AvgIpc) is 3.11. The zero-order valence-electron chi connectivity index (χ0n) is 17.4. The Morgan fingerprint density at radius 1 is 0.759 bits per heavy atom. The summed E-state index contributed by atoms with van der Waals surface area (Å²) in [4.78, 5) is 0. The molecule has 2 nitrogen and oxygen atoms in total. The van der Waals surface area contributed by atoms with Crippen molar-refractivity contribution >= 4 is 10.9 Å². The van der Waals surface area contributed by atoms with Crippen LogP contribution in [-0.2, 0) is 6.42 Å². The van der Waals surface area contributed by atoms with Crippen LogP contribution in [0.1, 0.15) is 38.3 Å². The number of hydrogen-bond acceptors (Lipinski definition) is 1. The second-order valence-corrected chi connectivity index (χ2v) is 7.55. The van der Waals surface area contributed by atoms with Gasteiger partial charge in [-0.05, 0) is 48.7 Å². The van der Waals surface area contributed by atoms with Gasteiger partial charge in [0.2, 0.25) is 0 Å². The van der Waals surface area contributed by atoms with Crippen molar-refractivity contribution in [2.75, 3.05) is 7.11 Å². The molecular weight excluding hydrogens is 354 g/mol. The minimum absolute atomic E-state index is 0.894. The lowest BCUT2D eigenvalue weighted by Gasteiger charge is -2.13. The fourth-order valence-corrected chi connectivity index (χ4v) is 4.20. The Bertz CT molecular complexity index is 1060. The van der Waals surface area contributed by atoms with Gasteiger partial charge in [-0.2, -0.15) is 0 Å². The number of aromatic nitrogens is 1. The summed E-state index contributed by atoms with van der Waals surface area (Å²) in [6.07, 6.45) is 6.11. The lowest BCUT2D eigenvalue weighted by Crippen LogP contribution is -2.01. The zero-order valence-corrected chi connectivity index (χ0v) is 17.4. The smallest absolute Gasteiger partial charge is 0.118 e. The van der Waals surface area contributed by atoms with Crippen LogP contribution in [0.4, 0.5) is 0 Å². The Hall–Kier alpha value is -3.00. The largest absolute Gasteiger partial charge is 0.497 e. The number of para-hydroxylation sites is 2. The summed E-state index contributed by atoms with van der Waals surface area (Å²) < 4.78 is 7.84. The van der Waals surface area contributed by atoms with Gasteiger partial charge >= 0.3 is 0 Å². The molecule has 4 aromatic rings. The lowest BCUT2D eigenvalue weighted by atomic mass is 9.99. The number of fused-ring (bicyclic) bond motifs is 1. The van der Waals surface area contributed by atoms with Crippen LogP contribution in [0.5, 0.6) is 5.75 Å². The Balaban J connectivity index is 1.92. The Kier molecular flexibility index (Phi) is 6.00. The van der Waals surface area contributed by atoms with Crippen LogP contribution < -0.4 is 4.74 Å². The number of ether oxygens (including phenoxy) is 1. The summed E-state index contributed by atoms with van der Waals surface area (Å²) in [6.45, 7) is 2.27. The van der Waals surface area contributed by atoms with Crippen molar-refractivity contribution in [3.63, 3.8) is 0 Å². The van der Waals surface area contributed by atoms with Gasteiger partial charge in [0.15, 0.2) is 0 Å². The summed E-state index contributed by atoms with van der Waals surface area (Å²) in [5, 5.41) is 1.31. The lowest BCUT2D eigenvalue weighted by molar-refractivity contribution is 0.415. The van der Waals surface area contributed by atoms with Crippen molar-refractivity contribution in [2.24, 2.45) is 0 Å². The third-order valence-electron chi connectivity index (χ3n) is 5.63. The molecule has 0 unspecified atom stereocenters. The van der Waals surface area contributed by atoms with Gasteiger partial charge in [-0.1, -0.05) is 74.7 Å². The maximum atomic E-state index is 5.38. The standard InChI is InChI=1S/C27H29NO/c1-3-4-5-9-16-26-27(21-17-19-23(29-2)20-18-21)24-14-10-11-15-25(24)28(26)22-12-7-6-8-13-22/h6-8,10-15,17-20H,3-5,9,16H2,1-2H3. The molecule has 0 aliphatic carbocycles. The van der Waals surface area contributed by atoms with Gasteiger partial charge in [-0.15, -0.1) is 0 Å². The van der Waals surface area contributed by atoms with E-state index >= 15 is 0 Å². The molecule has 0 bridgehead atoms. The first kappa shape index (κ1) is 19.3. The molecule has 1 aromatic heterocycles. The molecule has 0 radical (unpaired) electrons. The van der Waals surface area contributed by atoms with Gasteiger partial charge in [0, 0.05) is 22.3 Å². The van der Waals surface area contributed by atoms with E-state index < -0.39 is 0 Å². The molecule has 0 aliphatic rings.